The summed E-state index contributed by atoms with van der Waals surface area (Å²) in [7, 11) is 0. The van der Waals surface area contributed by atoms with Crippen LogP contribution in [0.3, 0.4) is 0 Å². The van der Waals surface area contributed by atoms with Crippen molar-refractivity contribution in [1.82, 2.24) is 0 Å². The number of ether oxygens (including phenoxy) is 1. The summed E-state index contributed by atoms with van der Waals surface area (Å²) < 4.78 is 17.2. The van der Waals surface area contributed by atoms with Crippen LogP contribution in [0.25, 0.3) is 0 Å². The average Bonchev–Trinajstić information content (AvgIpc) is 2.17. The van der Waals surface area contributed by atoms with Crippen LogP contribution in [-0.4, -0.2) is 19.8 Å². The molecule has 14 heavy (non-hydrogen) atoms. The number of halogens is 1. The van der Waals surface area contributed by atoms with Gasteiger partial charge in [-0.05, 0) is 31.5 Å². The molecule has 0 aliphatic carbocycles. The van der Waals surface area contributed by atoms with Crippen molar-refractivity contribution in [2.24, 2.45) is 5.73 Å². The topological polar surface area (TPSA) is 35.2 Å². The summed E-state index contributed by atoms with van der Waals surface area (Å²) in [6.45, 7) is 2.24. The standard InChI is InChI=1S/C11H16FNO/c1-9-2-3-11(14-7-5-12)10(8-9)4-6-13/h2-3,8H,4-7,13H2,1H3. The Balaban J connectivity index is 2.78. The maximum absolute atomic E-state index is 11.9. The lowest BCUT2D eigenvalue weighted by Crippen LogP contribution is -2.07. The van der Waals surface area contributed by atoms with E-state index in [9.17, 15) is 4.39 Å². The van der Waals surface area contributed by atoms with E-state index < -0.39 is 6.67 Å². The monoisotopic (exact) mass is 197 g/mol. The number of benzene rings is 1. The molecule has 0 radical (unpaired) electrons. The molecule has 0 heterocycles. The van der Waals surface area contributed by atoms with Crippen molar-refractivity contribution in [2.45, 2.75) is 13.3 Å². The maximum Gasteiger partial charge on any atom is 0.123 e. The van der Waals surface area contributed by atoms with Gasteiger partial charge in [0.15, 0.2) is 0 Å². The Labute approximate surface area is 83.9 Å². The predicted octanol–water partition coefficient (Wildman–Crippen LogP) is 1.84. The SMILES string of the molecule is Cc1ccc(OCCF)c(CCN)c1. The second-order valence-electron chi connectivity index (χ2n) is 3.19. The van der Waals surface area contributed by atoms with Crippen LogP contribution in [-0.2, 0) is 6.42 Å². The Morgan fingerprint density at radius 1 is 1.43 bits per heavy atom. The summed E-state index contributed by atoms with van der Waals surface area (Å²) >= 11 is 0. The van der Waals surface area contributed by atoms with E-state index in [4.69, 9.17) is 10.5 Å². The highest BCUT2D eigenvalue weighted by molar-refractivity contribution is 5.37. The molecule has 0 saturated heterocycles. The largest absolute Gasteiger partial charge is 0.491 e. The summed E-state index contributed by atoms with van der Waals surface area (Å²) in [6.07, 6.45) is 0.767. The second kappa shape index (κ2) is 5.60. The van der Waals surface area contributed by atoms with Crippen LogP contribution in [0.2, 0.25) is 0 Å². The van der Waals surface area contributed by atoms with Crippen LogP contribution >= 0.6 is 0 Å². The Morgan fingerprint density at radius 3 is 2.86 bits per heavy atom. The Bertz CT molecular complexity index is 289. The molecule has 0 fully saturated rings. The van der Waals surface area contributed by atoms with Gasteiger partial charge in [0, 0.05) is 0 Å². The molecule has 0 saturated carbocycles. The highest BCUT2D eigenvalue weighted by Gasteiger charge is 2.02. The zero-order valence-electron chi connectivity index (χ0n) is 8.42. The first-order valence-electron chi connectivity index (χ1n) is 4.76. The molecule has 78 valence electrons. The van der Waals surface area contributed by atoms with Crippen LogP contribution in [0.4, 0.5) is 4.39 Å². The van der Waals surface area contributed by atoms with Crippen molar-refractivity contribution < 1.29 is 9.13 Å². The highest BCUT2D eigenvalue weighted by Crippen LogP contribution is 2.20. The third kappa shape index (κ3) is 3.00. The number of hydrogen-bond acceptors (Lipinski definition) is 2. The number of hydrogen-bond donors (Lipinski definition) is 1. The molecule has 0 aliphatic heterocycles. The predicted molar refractivity (Wildman–Crippen MR) is 55.4 cm³/mol. The first-order chi connectivity index (χ1) is 6.77. The van der Waals surface area contributed by atoms with Gasteiger partial charge < -0.3 is 10.5 Å². The molecule has 0 aromatic heterocycles. The molecular weight excluding hydrogens is 181 g/mol. The zero-order valence-corrected chi connectivity index (χ0v) is 8.42. The minimum Gasteiger partial charge on any atom is -0.491 e. The van der Waals surface area contributed by atoms with Crippen molar-refractivity contribution in [3.8, 4) is 5.75 Å². The first-order valence-corrected chi connectivity index (χ1v) is 4.76. The lowest BCUT2D eigenvalue weighted by Gasteiger charge is -2.10. The van der Waals surface area contributed by atoms with Crippen molar-refractivity contribution in [2.75, 3.05) is 19.8 Å². The van der Waals surface area contributed by atoms with E-state index in [0.717, 1.165) is 17.7 Å². The van der Waals surface area contributed by atoms with Crippen LogP contribution < -0.4 is 10.5 Å². The molecule has 1 aromatic rings. The van der Waals surface area contributed by atoms with Gasteiger partial charge in [0.2, 0.25) is 0 Å². The molecule has 0 spiro atoms. The lowest BCUT2D eigenvalue weighted by atomic mass is 10.1. The molecule has 3 heteroatoms. The summed E-state index contributed by atoms with van der Waals surface area (Å²) in [4.78, 5) is 0. The Hall–Kier alpha value is -1.09. The van der Waals surface area contributed by atoms with Crippen molar-refractivity contribution in [3.05, 3.63) is 29.3 Å². The van der Waals surface area contributed by atoms with E-state index in [-0.39, 0.29) is 6.61 Å². The van der Waals surface area contributed by atoms with Crippen molar-refractivity contribution in [1.29, 1.82) is 0 Å². The minimum atomic E-state index is -0.462. The van der Waals surface area contributed by atoms with Gasteiger partial charge in [-0.2, -0.15) is 0 Å². The molecule has 0 aliphatic rings. The molecule has 1 rings (SSSR count). The van der Waals surface area contributed by atoms with E-state index in [2.05, 4.69) is 0 Å². The molecule has 0 bridgehead atoms. The van der Waals surface area contributed by atoms with Gasteiger partial charge in [0.1, 0.15) is 19.0 Å². The molecule has 0 unspecified atom stereocenters. The van der Waals surface area contributed by atoms with Crippen LogP contribution in [0, 0.1) is 6.92 Å². The average molecular weight is 197 g/mol. The van der Waals surface area contributed by atoms with E-state index in [0.29, 0.717) is 6.54 Å². The van der Waals surface area contributed by atoms with Crippen molar-refractivity contribution >= 4 is 0 Å². The van der Waals surface area contributed by atoms with Crippen LogP contribution in [0.1, 0.15) is 11.1 Å². The van der Waals surface area contributed by atoms with Crippen molar-refractivity contribution in [3.63, 3.8) is 0 Å². The Kier molecular flexibility index (Phi) is 4.40. The third-order valence-corrected chi connectivity index (χ3v) is 1.96. The molecular formula is C11H16FNO. The van der Waals surface area contributed by atoms with Crippen LogP contribution in [0.15, 0.2) is 18.2 Å². The minimum absolute atomic E-state index is 0.112. The summed E-state index contributed by atoms with van der Waals surface area (Å²) in [5.74, 6) is 0.749. The molecule has 2 N–H and O–H groups in total. The molecule has 0 amide bonds. The normalized spacial score (nSPS) is 10.2. The first kappa shape index (κ1) is 11.0. The molecule has 1 aromatic carbocycles. The molecule has 0 atom stereocenters. The lowest BCUT2D eigenvalue weighted by molar-refractivity contribution is 0.271. The number of nitrogens with two attached hydrogens (primary N) is 1. The second-order valence-corrected chi connectivity index (χ2v) is 3.19. The van der Waals surface area contributed by atoms with E-state index >= 15 is 0 Å². The number of alkyl halides is 1. The van der Waals surface area contributed by atoms with Gasteiger partial charge in [-0.25, -0.2) is 4.39 Å². The van der Waals surface area contributed by atoms with Gasteiger partial charge in [0.25, 0.3) is 0 Å². The maximum atomic E-state index is 11.9. The number of aryl methyl sites for hydroxylation is 1. The van der Waals surface area contributed by atoms with Gasteiger partial charge in [-0.15, -0.1) is 0 Å². The van der Waals surface area contributed by atoms with Gasteiger partial charge in [0.05, 0.1) is 0 Å². The van der Waals surface area contributed by atoms with E-state index in [1.807, 2.05) is 25.1 Å². The smallest absolute Gasteiger partial charge is 0.123 e. The number of rotatable bonds is 5. The van der Waals surface area contributed by atoms with Gasteiger partial charge in [-0.3, -0.25) is 0 Å². The third-order valence-electron chi connectivity index (χ3n) is 1.96. The fraction of sp³-hybridized carbons (Fsp3) is 0.455. The summed E-state index contributed by atoms with van der Waals surface area (Å²) in [5.41, 5.74) is 7.70. The fourth-order valence-corrected chi connectivity index (χ4v) is 1.35. The van der Waals surface area contributed by atoms with Crippen LogP contribution in [0.5, 0.6) is 5.75 Å². The summed E-state index contributed by atoms with van der Waals surface area (Å²) in [5, 5.41) is 0. The zero-order chi connectivity index (χ0) is 10.4. The van der Waals surface area contributed by atoms with Gasteiger partial charge in [-0.1, -0.05) is 17.7 Å². The highest BCUT2D eigenvalue weighted by atomic mass is 19.1. The Morgan fingerprint density at radius 2 is 2.21 bits per heavy atom. The van der Waals surface area contributed by atoms with E-state index in [1.165, 1.54) is 5.56 Å². The molecule has 2 nitrogen and oxygen atoms in total. The quantitative estimate of drug-likeness (QED) is 0.781. The summed E-state index contributed by atoms with van der Waals surface area (Å²) in [6, 6.07) is 5.85. The fourth-order valence-electron chi connectivity index (χ4n) is 1.35. The van der Waals surface area contributed by atoms with E-state index in [1.54, 1.807) is 0 Å². The van der Waals surface area contributed by atoms with Gasteiger partial charge >= 0.3 is 0 Å².